The molecule has 24 heavy (non-hydrogen) atoms. The number of carbonyl (C=O) groups is 1. The molecule has 1 aromatic carbocycles. The van der Waals surface area contributed by atoms with E-state index in [1.807, 2.05) is 51.1 Å². The minimum absolute atomic E-state index is 0.344. The first kappa shape index (κ1) is 18.7. The molecular formula is C18H28N2O4. The van der Waals surface area contributed by atoms with E-state index in [0.717, 1.165) is 12.0 Å². The van der Waals surface area contributed by atoms with Crippen molar-refractivity contribution in [3.63, 3.8) is 0 Å². The van der Waals surface area contributed by atoms with E-state index in [1.165, 1.54) is 0 Å². The number of amides is 1. The zero-order valence-corrected chi connectivity index (χ0v) is 14.7. The van der Waals surface area contributed by atoms with E-state index in [2.05, 4.69) is 5.48 Å². The van der Waals surface area contributed by atoms with Crippen molar-refractivity contribution >= 4 is 6.09 Å². The minimum atomic E-state index is -0.562. The van der Waals surface area contributed by atoms with Crippen LogP contribution < -0.4 is 5.48 Å². The summed E-state index contributed by atoms with van der Waals surface area (Å²) in [6, 6.07) is 9.44. The highest BCUT2D eigenvalue weighted by Crippen LogP contribution is 2.16. The first-order valence-corrected chi connectivity index (χ1v) is 8.42. The van der Waals surface area contributed by atoms with Gasteiger partial charge in [0.25, 0.3) is 0 Å². The molecule has 0 spiro atoms. The molecule has 1 fully saturated rings. The van der Waals surface area contributed by atoms with E-state index in [-0.39, 0.29) is 12.1 Å². The zero-order chi connectivity index (χ0) is 17.6. The van der Waals surface area contributed by atoms with Gasteiger partial charge in [-0.1, -0.05) is 30.3 Å². The smallest absolute Gasteiger partial charge is 0.410 e. The molecule has 1 aliphatic rings. The van der Waals surface area contributed by atoms with E-state index in [4.69, 9.17) is 9.57 Å². The lowest BCUT2D eigenvalue weighted by molar-refractivity contribution is -0.0388. The molecule has 0 bridgehead atoms. The lowest BCUT2D eigenvalue weighted by Gasteiger charge is -2.29. The summed E-state index contributed by atoms with van der Waals surface area (Å²) in [5, 5.41) is 10.3. The summed E-state index contributed by atoms with van der Waals surface area (Å²) < 4.78 is 5.43. The van der Waals surface area contributed by atoms with Crippen molar-refractivity contribution in [1.82, 2.24) is 10.4 Å². The van der Waals surface area contributed by atoms with E-state index in [1.54, 1.807) is 4.90 Å². The molecule has 1 aliphatic heterocycles. The van der Waals surface area contributed by atoms with Crippen molar-refractivity contribution in [1.29, 1.82) is 0 Å². The Bertz CT molecular complexity index is 516. The van der Waals surface area contributed by atoms with Crippen LogP contribution in [0, 0.1) is 0 Å². The number of hydroxylamine groups is 1. The maximum absolute atomic E-state index is 12.3. The van der Waals surface area contributed by atoms with Crippen molar-refractivity contribution in [3.8, 4) is 0 Å². The fraction of sp³-hybridized carbons (Fsp3) is 0.611. The van der Waals surface area contributed by atoms with E-state index < -0.39 is 11.7 Å². The van der Waals surface area contributed by atoms with Gasteiger partial charge in [0.15, 0.2) is 0 Å². The van der Waals surface area contributed by atoms with Crippen LogP contribution in [0.4, 0.5) is 4.79 Å². The SMILES string of the molecule is CC(C)(C)OC(=O)N1CCC[C@@H](O)[C@H](NOCc2ccccc2)C1. The van der Waals surface area contributed by atoms with Crippen LogP contribution in [0.3, 0.4) is 0 Å². The van der Waals surface area contributed by atoms with E-state index in [0.29, 0.717) is 26.1 Å². The van der Waals surface area contributed by atoms with Crippen LogP contribution in [-0.4, -0.2) is 46.9 Å². The molecule has 6 nitrogen and oxygen atoms in total. The van der Waals surface area contributed by atoms with Crippen LogP contribution in [0.1, 0.15) is 39.2 Å². The fourth-order valence-electron chi connectivity index (χ4n) is 2.56. The predicted molar refractivity (Wildman–Crippen MR) is 91.2 cm³/mol. The van der Waals surface area contributed by atoms with Crippen LogP contribution in [0.25, 0.3) is 0 Å². The van der Waals surface area contributed by atoms with Crippen LogP contribution in [0.2, 0.25) is 0 Å². The average molecular weight is 336 g/mol. The van der Waals surface area contributed by atoms with Crippen LogP contribution in [0.5, 0.6) is 0 Å². The molecule has 2 atom stereocenters. The molecule has 0 aliphatic carbocycles. The van der Waals surface area contributed by atoms with Gasteiger partial charge in [0.2, 0.25) is 0 Å². The Labute approximate surface area is 143 Å². The second-order valence-electron chi connectivity index (χ2n) is 7.13. The number of benzene rings is 1. The number of carbonyl (C=O) groups excluding carboxylic acids is 1. The normalized spacial score (nSPS) is 22.1. The summed E-state index contributed by atoms with van der Waals surface area (Å²) in [5.41, 5.74) is 3.41. The van der Waals surface area contributed by atoms with Gasteiger partial charge in [-0.15, -0.1) is 0 Å². The highest BCUT2D eigenvalue weighted by Gasteiger charge is 2.30. The molecule has 2 N–H and O–H groups in total. The summed E-state index contributed by atoms with van der Waals surface area (Å²) in [7, 11) is 0. The Morgan fingerprint density at radius 1 is 1.33 bits per heavy atom. The topological polar surface area (TPSA) is 71.0 Å². The van der Waals surface area contributed by atoms with Gasteiger partial charge in [-0.3, -0.25) is 4.84 Å². The van der Waals surface area contributed by atoms with Gasteiger partial charge >= 0.3 is 6.09 Å². The largest absolute Gasteiger partial charge is 0.444 e. The third-order valence-electron chi connectivity index (χ3n) is 3.78. The van der Waals surface area contributed by atoms with Crippen molar-refractivity contribution < 1.29 is 19.5 Å². The number of rotatable bonds is 4. The van der Waals surface area contributed by atoms with Gasteiger partial charge in [-0.2, -0.15) is 5.48 Å². The molecule has 2 rings (SSSR count). The Morgan fingerprint density at radius 3 is 2.71 bits per heavy atom. The van der Waals surface area contributed by atoms with Crippen molar-refractivity contribution in [2.24, 2.45) is 0 Å². The van der Waals surface area contributed by atoms with Crippen molar-refractivity contribution in [2.45, 2.75) is 58.0 Å². The highest BCUT2D eigenvalue weighted by atomic mass is 16.6. The number of ether oxygens (including phenoxy) is 1. The summed E-state index contributed by atoms with van der Waals surface area (Å²) in [5.74, 6) is 0. The number of hydrogen-bond donors (Lipinski definition) is 2. The monoisotopic (exact) mass is 336 g/mol. The van der Waals surface area contributed by atoms with E-state index in [9.17, 15) is 9.90 Å². The number of nitrogens with zero attached hydrogens (tertiary/aromatic N) is 1. The maximum atomic E-state index is 12.3. The molecule has 1 amide bonds. The summed E-state index contributed by atoms with van der Waals surface area (Å²) >= 11 is 0. The lowest BCUT2D eigenvalue weighted by atomic mass is 10.1. The summed E-state index contributed by atoms with van der Waals surface area (Å²) in [4.78, 5) is 19.4. The molecule has 1 saturated heterocycles. The Balaban J connectivity index is 1.88. The number of hydrogen-bond acceptors (Lipinski definition) is 5. The van der Waals surface area contributed by atoms with Gasteiger partial charge in [0, 0.05) is 13.1 Å². The molecule has 0 unspecified atom stereocenters. The predicted octanol–water partition coefficient (Wildman–Crippen LogP) is 2.47. The summed E-state index contributed by atoms with van der Waals surface area (Å²) in [6.07, 6.45) is 0.433. The maximum Gasteiger partial charge on any atom is 0.410 e. The van der Waals surface area contributed by atoms with Crippen molar-refractivity contribution in [3.05, 3.63) is 35.9 Å². The number of nitrogens with one attached hydrogen (secondary N) is 1. The molecular weight excluding hydrogens is 308 g/mol. The van der Waals surface area contributed by atoms with Crippen molar-refractivity contribution in [2.75, 3.05) is 13.1 Å². The molecule has 1 aromatic rings. The highest BCUT2D eigenvalue weighted by molar-refractivity contribution is 5.68. The quantitative estimate of drug-likeness (QED) is 0.827. The third kappa shape index (κ3) is 6.11. The molecule has 0 saturated carbocycles. The molecule has 1 heterocycles. The number of aliphatic hydroxyl groups excluding tert-OH is 1. The lowest BCUT2D eigenvalue weighted by Crippen LogP contribution is -2.48. The minimum Gasteiger partial charge on any atom is -0.444 e. The first-order valence-electron chi connectivity index (χ1n) is 8.42. The number of likely N-dealkylation sites (tertiary alicyclic amines) is 1. The first-order chi connectivity index (χ1) is 11.3. The number of aliphatic hydroxyl groups is 1. The van der Waals surface area contributed by atoms with Gasteiger partial charge in [0.05, 0.1) is 18.8 Å². The summed E-state index contributed by atoms with van der Waals surface area (Å²) in [6.45, 7) is 6.85. The third-order valence-corrected chi connectivity index (χ3v) is 3.78. The molecule has 134 valence electrons. The van der Waals surface area contributed by atoms with Gasteiger partial charge < -0.3 is 14.7 Å². The molecule has 0 radical (unpaired) electrons. The van der Waals surface area contributed by atoms with Crippen LogP contribution >= 0.6 is 0 Å². The average Bonchev–Trinajstić information content (AvgIpc) is 2.69. The Morgan fingerprint density at radius 2 is 2.04 bits per heavy atom. The standard InChI is InChI=1S/C18H28N2O4/c1-18(2,3)24-17(22)20-11-7-10-16(21)15(12-20)19-23-13-14-8-5-4-6-9-14/h4-6,8-9,15-16,19,21H,7,10-13H2,1-3H3/t15-,16-/m1/s1. The van der Waals surface area contributed by atoms with Gasteiger partial charge in [0.1, 0.15) is 5.60 Å². The van der Waals surface area contributed by atoms with Gasteiger partial charge in [-0.25, -0.2) is 4.79 Å². The molecule has 0 aromatic heterocycles. The second-order valence-corrected chi connectivity index (χ2v) is 7.13. The van der Waals surface area contributed by atoms with Gasteiger partial charge in [-0.05, 0) is 39.2 Å². The van der Waals surface area contributed by atoms with E-state index >= 15 is 0 Å². The van der Waals surface area contributed by atoms with Crippen LogP contribution in [0.15, 0.2) is 30.3 Å². The fourth-order valence-corrected chi connectivity index (χ4v) is 2.56. The Kier molecular flexibility index (Phi) is 6.60. The second kappa shape index (κ2) is 8.46. The van der Waals surface area contributed by atoms with Crippen LogP contribution in [-0.2, 0) is 16.2 Å². The Hall–Kier alpha value is -1.63. The molecule has 6 heteroatoms. The zero-order valence-electron chi connectivity index (χ0n) is 14.7.